The average Bonchev–Trinajstić information content (AvgIpc) is 2.05. The lowest BCUT2D eigenvalue weighted by atomic mass is 9.92. The smallest absolute Gasteiger partial charge is 0.0459 e. The van der Waals surface area contributed by atoms with Crippen molar-refractivity contribution in [2.24, 2.45) is 11.8 Å². The fourth-order valence-corrected chi connectivity index (χ4v) is 2.70. The molecule has 1 saturated heterocycles. The van der Waals surface area contributed by atoms with Crippen LogP contribution in [0.1, 0.15) is 19.8 Å². The maximum absolute atomic E-state index is 8.88. The zero-order chi connectivity index (χ0) is 7.40. The van der Waals surface area contributed by atoms with E-state index in [0.717, 1.165) is 5.92 Å². The Bertz CT molecular complexity index is 89.3. The molecule has 1 aliphatic rings. The molecule has 0 aliphatic carbocycles. The quantitative estimate of drug-likeness (QED) is 0.664. The van der Waals surface area contributed by atoms with Crippen molar-refractivity contribution >= 4 is 11.8 Å². The average molecular weight is 160 g/mol. The van der Waals surface area contributed by atoms with E-state index in [-0.39, 0.29) is 0 Å². The minimum absolute atomic E-state index is 0.366. The third-order valence-electron chi connectivity index (χ3n) is 2.29. The van der Waals surface area contributed by atoms with E-state index in [1.165, 1.54) is 24.3 Å². The highest BCUT2D eigenvalue weighted by Crippen LogP contribution is 2.27. The molecule has 1 aliphatic heterocycles. The fourth-order valence-electron chi connectivity index (χ4n) is 1.36. The normalized spacial score (nSPS) is 30.0. The molecule has 0 saturated carbocycles. The minimum atomic E-state index is 0.366. The first-order valence-electron chi connectivity index (χ1n) is 4.03. The number of aliphatic hydroxyl groups excluding tert-OH is 1. The van der Waals surface area contributed by atoms with E-state index in [1.54, 1.807) is 0 Å². The van der Waals surface area contributed by atoms with Gasteiger partial charge in [0.25, 0.3) is 0 Å². The summed E-state index contributed by atoms with van der Waals surface area (Å²) in [7, 11) is 0. The van der Waals surface area contributed by atoms with Crippen LogP contribution in [-0.2, 0) is 0 Å². The van der Waals surface area contributed by atoms with Gasteiger partial charge in [-0.15, -0.1) is 0 Å². The number of aliphatic hydroxyl groups is 1. The maximum Gasteiger partial charge on any atom is 0.0459 e. The zero-order valence-electron chi connectivity index (χ0n) is 6.55. The number of hydrogen-bond acceptors (Lipinski definition) is 2. The largest absolute Gasteiger partial charge is 0.396 e. The second-order valence-electron chi connectivity index (χ2n) is 3.14. The van der Waals surface area contributed by atoms with Crippen LogP contribution in [0.15, 0.2) is 0 Å². The van der Waals surface area contributed by atoms with Crippen molar-refractivity contribution in [3.05, 3.63) is 0 Å². The Morgan fingerprint density at radius 1 is 1.70 bits per heavy atom. The lowest BCUT2D eigenvalue weighted by molar-refractivity contribution is 0.191. The van der Waals surface area contributed by atoms with Gasteiger partial charge in [0.2, 0.25) is 0 Å². The van der Waals surface area contributed by atoms with Gasteiger partial charge >= 0.3 is 0 Å². The fraction of sp³-hybridized carbons (Fsp3) is 1.00. The highest BCUT2D eigenvalue weighted by molar-refractivity contribution is 7.99. The predicted octanol–water partition coefficient (Wildman–Crippen LogP) is 1.76. The van der Waals surface area contributed by atoms with Crippen molar-refractivity contribution in [1.29, 1.82) is 0 Å². The molecule has 0 amide bonds. The van der Waals surface area contributed by atoms with Crippen LogP contribution in [-0.4, -0.2) is 23.2 Å². The van der Waals surface area contributed by atoms with E-state index >= 15 is 0 Å². The Kier molecular flexibility index (Phi) is 3.57. The van der Waals surface area contributed by atoms with E-state index in [9.17, 15) is 0 Å². The monoisotopic (exact) mass is 160 g/mol. The Labute approximate surface area is 67.2 Å². The zero-order valence-corrected chi connectivity index (χ0v) is 7.36. The molecule has 1 rings (SSSR count). The van der Waals surface area contributed by atoms with Crippen LogP contribution in [0.4, 0.5) is 0 Å². The van der Waals surface area contributed by atoms with Gasteiger partial charge in [0.1, 0.15) is 0 Å². The van der Waals surface area contributed by atoms with Crippen LogP contribution in [0.2, 0.25) is 0 Å². The van der Waals surface area contributed by atoms with Crippen molar-refractivity contribution in [3.63, 3.8) is 0 Å². The Morgan fingerprint density at radius 3 is 3.00 bits per heavy atom. The molecule has 10 heavy (non-hydrogen) atoms. The summed E-state index contributed by atoms with van der Waals surface area (Å²) in [5.74, 6) is 3.90. The highest BCUT2D eigenvalue weighted by Gasteiger charge is 2.18. The summed E-state index contributed by atoms with van der Waals surface area (Å²) in [6.07, 6.45) is 2.68. The lowest BCUT2D eigenvalue weighted by Crippen LogP contribution is -2.21. The molecule has 2 atom stereocenters. The molecule has 2 unspecified atom stereocenters. The predicted molar refractivity (Wildman–Crippen MR) is 46.3 cm³/mol. The third kappa shape index (κ3) is 2.17. The molecule has 0 aromatic carbocycles. The summed E-state index contributed by atoms with van der Waals surface area (Å²) in [6, 6.07) is 0. The summed E-state index contributed by atoms with van der Waals surface area (Å²) < 4.78 is 0. The molecular formula is C8H16OS. The van der Waals surface area contributed by atoms with E-state index in [1.807, 2.05) is 11.8 Å². The van der Waals surface area contributed by atoms with Gasteiger partial charge in [-0.2, -0.15) is 11.8 Å². The molecule has 0 bridgehead atoms. The highest BCUT2D eigenvalue weighted by atomic mass is 32.2. The van der Waals surface area contributed by atoms with Crippen molar-refractivity contribution in [2.75, 3.05) is 18.1 Å². The van der Waals surface area contributed by atoms with Gasteiger partial charge in [-0.3, -0.25) is 0 Å². The molecule has 1 fully saturated rings. The van der Waals surface area contributed by atoms with E-state index in [2.05, 4.69) is 6.92 Å². The summed E-state index contributed by atoms with van der Waals surface area (Å²) >= 11 is 2.04. The maximum atomic E-state index is 8.88. The summed E-state index contributed by atoms with van der Waals surface area (Å²) in [4.78, 5) is 0. The molecule has 0 aromatic rings. The van der Waals surface area contributed by atoms with Crippen molar-refractivity contribution in [3.8, 4) is 0 Å². The number of rotatable bonds is 2. The van der Waals surface area contributed by atoms with Crippen LogP contribution < -0.4 is 0 Å². The molecule has 60 valence electrons. The Hall–Kier alpha value is 0.310. The SMILES string of the molecule is CC(CO)C1CCCSC1. The van der Waals surface area contributed by atoms with Gasteiger partial charge in [0, 0.05) is 6.61 Å². The van der Waals surface area contributed by atoms with Gasteiger partial charge in [-0.25, -0.2) is 0 Å². The van der Waals surface area contributed by atoms with Crippen LogP contribution in [0.3, 0.4) is 0 Å². The minimum Gasteiger partial charge on any atom is -0.396 e. The van der Waals surface area contributed by atoms with E-state index < -0.39 is 0 Å². The van der Waals surface area contributed by atoms with Crippen LogP contribution in [0.5, 0.6) is 0 Å². The second kappa shape index (κ2) is 4.24. The standard InChI is InChI=1S/C8H16OS/c1-7(5-9)8-3-2-4-10-6-8/h7-9H,2-6H2,1H3. The molecule has 0 aromatic heterocycles. The van der Waals surface area contributed by atoms with Gasteiger partial charge in [-0.1, -0.05) is 6.92 Å². The van der Waals surface area contributed by atoms with Crippen LogP contribution in [0, 0.1) is 11.8 Å². The molecular weight excluding hydrogens is 144 g/mol. The summed E-state index contributed by atoms with van der Waals surface area (Å²) in [5.41, 5.74) is 0. The van der Waals surface area contributed by atoms with Gasteiger partial charge in [0.05, 0.1) is 0 Å². The third-order valence-corrected chi connectivity index (χ3v) is 3.53. The second-order valence-corrected chi connectivity index (χ2v) is 4.29. The van der Waals surface area contributed by atoms with Crippen LogP contribution >= 0.6 is 11.8 Å². The molecule has 0 spiro atoms. The molecule has 1 N–H and O–H groups in total. The van der Waals surface area contributed by atoms with Crippen LogP contribution in [0.25, 0.3) is 0 Å². The van der Waals surface area contributed by atoms with Crippen molar-refractivity contribution in [2.45, 2.75) is 19.8 Å². The van der Waals surface area contributed by atoms with E-state index in [0.29, 0.717) is 12.5 Å². The first-order valence-corrected chi connectivity index (χ1v) is 5.18. The lowest BCUT2D eigenvalue weighted by Gasteiger charge is -2.25. The van der Waals surface area contributed by atoms with Crippen molar-refractivity contribution in [1.82, 2.24) is 0 Å². The molecule has 2 heteroatoms. The molecule has 0 radical (unpaired) electrons. The summed E-state index contributed by atoms with van der Waals surface area (Å²) in [5, 5.41) is 8.88. The summed E-state index contributed by atoms with van der Waals surface area (Å²) in [6.45, 7) is 2.52. The number of hydrogen-bond donors (Lipinski definition) is 1. The molecule has 1 heterocycles. The Balaban J connectivity index is 2.24. The van der Waals surface area contributed by atoms with Gasteiger partial charge in [-0.05, 0) is 36.2 Å². The van der Waals surface area contributed by atoms with Gasteiger partial charge < -0.3 is 5.11 Å². The first kappa shape index (κ1) is 8.41. The van der Waals surface area contributed by atoms with Crippen molar-refractivity contribution < 1.29 is 5.11 Å². The Morgan fingerprint density at radius 2 is 2.50 bits per heavy atom. The van der Waals surface area contributed by atoms with Gasteiger partial charge in [0.15, 0.2) is 0 Å². The first-order chi connectivity index (χ1) is 4.84. The number of thioether (sulfide) groups is 1. The van der Waals surface area contributed by atoms with E-state index in [4.69, 9.17) is 5.11 Å². The topological polar surface area (TPSA) is 20.2 Å². The molecule has 1 nitrogen and oxygen atoms in total.